The van der Waals surface area contributed by atoms with Crippen molar-refractivity contribution in [3.63, 3.8) is 0 Å². The molecule has 2 amide bonds. The van der Waals surface area contributed by atoms with Gasteiger partial charge < -0.3 is 10.2 Å². The summed E-state index contributed by atoms with van der Waals surface area (Å²) in [4.78, 5) is 34.0. The lowest BCUT2D eigenvalue weighted by molar-refractivity contribution is -0.117. The molecule has 3 aromatic rings. The maximum absolute atomic E-state index is 12.1. The van der Waals surface area contributed by atoms with E-state index >= 15 is 0 Å². The molecule has 0 spiro atoms. The average Bonchev–Trinajstić information content (AvgIpc) is 3.43. The second-order valence-corrected chi connectivity index (χ2v) is 6.79. The number of anilines is 1. The van der Waals surface area contributed by atoms with Gasteiger partial charge >= 0.3 is 0 Å². The molecule has 1 aromatic carbocycles. The van der Waals surface area contributed by atoms with Crippen LogP contribution in [0.15, 0.2) is 67.4 Å². The van der Waals surface area contributed by atoms with Crippen LogP contribution in [-0.2, 0) is 16.1 Å². The van der Waals surface area contributed by atoms with Gasteiger partial charge in [-0.25, -0.2) is 9.97 Å². The Morgan fingerprint density at radius 2 is 2.03 bits per heavy atom. The summed E-state index contributed by atoms with van der Waals surface area (Å²) >= 11 is 0. The maximum atomic E-state index is 12.1. The topological polar surface area (TPSA) is 80.1 Å². The monoisotopic (exact) mass is 387 g/mol. The number of nitrogens with zero attached hydrogens (tertiary/aromatic N) is 4. The smallest absolute Gasteiger partial charge is 0.244 e. The van der Waals surface area contributed by atoms with Crippen LogP contribution in [0.4, 0.5) is 5.69 Å². The Labute approximate surface area is 168 Å². The molecule has 2 aromatic heterocycles. The number of amides is 2. The van der Waals surface area contributed by atoms with Crippen LogP contribution in [-0.4, -0.2) is 32.9 Å². The zero-order valence-corrected chi connectivity index (χ0v) is 15.9. The SMILES string of the molecule is O=C(/C=C/c1ccc(N2CCCC2=O)cc1)NCc1ccc(-n2ccnc2)nc1. The Hall–Kier alpha value is -3.74. The summed E-state index contributed by atoms with van der Waals surface area (Å²) in [5, 5.41) is 2.85. The van der Waals surface area contributed by atoms with Crippen LogP contribution in [0, 0.1) is 0 Å². The molecular weight excluding hydrogens is 366 g/mol. The minimum absolute atomic E-state index is 0.167. The van der Waals surface area contributed by atoms with E-state index in [0.717, 1.165) is 35.6 Å². The summed E-state index contributed by atoms with van der Waals surface area (Å²) in [6.07, 6.45) is 11.7. The summed E-state index contributed by atoms with van der Waals surface area (Å²) in [6, 6.07) is 11.4. The predicted octanol–water partition coefficient (Wildman–Crippen LogP) is 2.72. The third-order valence-electron chi connectivity index (χ3n) is 4.75. The van der Waals surface area contributed by atoms with Crippen molar-refractivity contribution in [1.82, 2.24) is 19.9 Å². The van der Waals surface area contributed by atoms with Gasteiger partial charge in [0.05, 0.1) is 0 Å². The number of imidazole rings is 1. The second-order valence-electron chi connectivity index (χ2n) is 6.79. The summed E-state index contributed by atoms with van der Waals surface area (Å²) in [7, 11) is 0. The molecular formula is C22H21N5O2. The van der Waals surface area contributed by atoms with Gasteiger partial charge in [0.15, 0.2) is 0 Å². The second kappa shape index (κ2) is 8.52. The fourth-order valence-corrected chi connectivity index (χ4v) is 3.18. The number of carbonyl (C=O) groups is 2. The molecule has 1 N–H and O–H groups in total. The highest BCUT2D eigenvalue weighted by molar-refractivity contribution is 5.95. The quantitative estimate of drug-likeness (QED) is 0.660. The third-order valence-corrected chi connectivity index (χ3v) is 4.75. The molecule has 7 nitrogen and oxygen atoms in total. The minimum atomic E-state index is -0.178. The van der Waals surface area contributed by atoms with Crippen molar-refractivity contribution in [2.45, 2.75) is 19.4 Å². The van der Waals surface area contributed by atoms with E-state index in [1.165, 1.54) is 6.08 Å². The lowest BCUT2D eigenvalue weighted by Crippen LogP contribution is -2.23. The van der Waals surface area contributed by atoms with Crippen molar-refractivity contribution in [3.05, 3.63) is 78.5 Å². The highest BCUT2D eigenvalue weighted by Crippen LogP contribution is 2.21. The van der Waals surface area contributed by atoms with E-state index < -0.39 is 0 Å². The zero-order chi connectivity index (χ0) is 20.1. The van der Waals surface area contributed by atoms with Crippen LogP contribution in [0.5, 0.6) is 0 Å². The van der Waals surface area contributed by atoms with Gasteiger partial charge in [0.25, 0.3) is 0 Å². The molecule has 3 heterocycles. The van der Waals surface area contributed by atoms with Gasteiger partial charge in [-0.05, 0) is 41.8 Å². The molecule has 0 unspecified atom stereocenters. The van der Waals surface area contributed by atoms with E-state index in [0.29, 0.717) is 13.0 Å². The number of carbonyl (C=O) groups excluding carboxylic acids is 2. The van der Waals surface area contributed by atoms with E-state index in [4.69, 9.17) is 0 Å². The first-order valence-electron chi connectivity index (χ1n) is 9.49. The highest BCUT2D eigenvalue weighted by atomic mass is 16.2. The number of rotatable bonds is 6. The molecule has 1 fully saturated rings. The number of nitrogens with one attached hydrogen (secondary N) is 1. The maximum Gasteiger partial charge on any atom is 0.244 e. The average molecular weight is 387 g/mol. The zero-order valence-electron chi connectivity index (χ0n) is 15.9. The highest BCUT2D eigenvalue weighted by Gasteiger charge is 2.21. The number of aromatic nitrogens is 3. The van der Waals surface area contributed by atoms with E-state index in [9.17, 15) is 9.59 Å². The Morgan fingerprint density at radius 3 is 2.69 bits per heavy atom. The number of pyridine rings is 1. The predicted molar refractivity (Wildman–Crippen MR) is 110 cm³/mol. The Morgan fingerprint density at radius 1 is 1.17 bits per heavy atom. The molecule has 146 valence electrons. The largest absolute Gasteiger partial charge is 0.348 e. The van der Waals surface area contributed by atoms with Gasteiger partial charge in [-0.2, -0.15) is 0 Å². The normalized spacial score (nSPS) is 13.9. The minimum Gasteiger partial charge on any atom is -0.348 e. The van der Waals surface area contributed by atoms with Crippen LogP contribution < -0.4 is 10.2 Å². The van der Waals surface area contributed by atoms with E-state index in [-0.39, 0.29) is 11.8 Å². The number of hydrogen-bond donors (Lipinski definition) is 1. The van der Waals surface area contributed by atoms with E-state index in [1.807, 2.05) is 47.2 Å². The van der Waals surface area contributed by atoms with Crippen LogP contribution in [0.25, 0.3) is 11.9 Å². The Kier molecular flexibility index (Phi) is 5.47. The fraction of sp³-hybridized carbons (Fsp3) is 0.182. The molecule has 0 aliphatic carbocycles. The molecule has 7 heteroatoms. The lowest BCUT2D eigenvalue weighted by Gasteiger charge is -2.15. The van der Waals surface area contributed by atoms with Gasteiger partial charge in [-0.15, -0.1) is 0 Å². The van der Waals surface area contributed by atoms with Crippen molar-refractivity contribution in [3.8, 4) is 5.82 Å². The van der Waals surface area contributed by atoms with Gasteiger partial charge in [-0.1, -0.05) is 18.2 Å². The first kappa shape index (κ1) is 18.6. The first-order valence-corrected chi connectivity index (χ1v) is 9.49. The van der Waals surface area contributed by atoms with Crippen LogP contribution in [0.2, 0.25) is 0 Å². The lowest BCUT2D eigenvalue weighted by atomic mass is 10.2. The van der Waals surface area contributed by atoms with Gasteiger partial charge in [0.1, 0.15) is 12.1 Å². The molecule has 4 rings (SSSR count). The summed E-state index contributed by atoms with van der Waals surface area (Å²) in [6.45, 7) is 1.17. The number of benzene rings is 1. The van der Waals surface area contributed by atoms with Crippen molar-refractivity contribution >= 4 is 23.6 Å². The van der Waals surface area contributed by atoms with Crippen LogP contribution >= 0.6 is 0 Å². The number of hydrogen-bond acceptors (Lipinski definition) is 4. The first-order chi connectivity index (χ1) is 14.2. The molecule has 1 aliphatic heterocycles. The van der Waals surface area contributed by atoms with Crippen molar-refractivity contribution in [2.75, 3.05) is 11.4 Å². The van der Waals surface area contributed by atoms with Crippen molar-refractivity contribution < 1.29 is 9.59 Å². The van der Waals surface area contributed by atoms with Crippen molar-refractivity contribution in [1.29, 1.82) is 0 Å². The molecule has 1 saturated heterocycles. The molecule has 29 heavy (non-hydrogen) atoms. The van der Waals surface area contributed by atoms with E-state index in [2.05, 4.69) is 15.3 Å². The third kappa shape index (κ3) is 4.57. The summed E-state index contributed by atoms with van der Waals surface area (Å²) in [5.74, 6) is 0.763. The Balaban J connectivity index is 1.29. The van der Waals surface area contributed by atoms with Crippen molar-refractivity contribution in [2.24, 2.45) is 0 Å². The van der Waals surface area contributed by atoms with Gasteiger partial charge in [0.2, 0.25) is 11.8 Å². The standard InChI is InChI=1S/C22H21N5O2/c28-21(25-15-18-5-9-20(24-14-18)26-13-11-23-16-26)10-6-17-3-7-19(8-4-17)27-12-1-2-22(27)29/h3-11,13-14,16H,1-2,12,15H2,(H,25,28)/b10-6+. The molecule has 1 aliphatic rings. The van der Waals surface area contributed by atoms with Crippen LogP contribution in [0.3, 0.4) is 0 Å². The molecule has 0 atom stereocenters. The van der Waals surface area contributed by atoms with Gasteiger partial charge in [-0.3, -0.25) is 14.2 Å². The van der Waals surface area contributed by atoms with Crippen LogP contribution in [0.1, 0.15) is 24.0 Å². The van der Waals surface area contributed by atoms with Gasteiger partial charge in [0, 0.05) is 49.9 Å². The molecule has 0 bridgehead atoms. The summed E-state index contributed by atoms with van der Waals surface area (Å²) < 4.78 is 1.82. The Bertz CT molecular complexity index is 1010. The molecule has 0 saturated carbocycles. The summed E-state index contributed by atoms with van der Waals surface area (Å²) in [5.41, 5.74) is 2.72. The fourth-order valence-electron chi connectivity index (χ4n) is 3.18. The molecule has 0 radical (unpaired) electrons. The van der Waals surface area contributed by atoms with E-state index in [1.54, 1.807) is 29.7 Å².